The first-order chi connectivity index (χ1) is 11.3. The maximum atomic E-state index is 14.3. The third-order valence-corrected chi connectivity index (χ3v) is 5.45. The van der Waals surface area contributed by atoms with Gasteiger partial charge in [0, 0.05) is 23.4 Å². The number of halogens is 3. The molecule has 1 saturated carbocycles. The highest BCUT2D eigenvalue weighted by atomic mass is 35.5. The summed E-state index contributed by atoms with van der Waals surface area (Å²) in [5.41, 5.74) is 1.49. The molecule has 1 aromatic carbocycles. The summed E-state index contributed by atoms with van der Waals surface area (Å²) in [6.07, 6.45) is 4.11. The molecule has 5 heteroatoms. The molecule has 1 aliphatic carbocycles. The van der Waals surface area contributed by atoms with Crippen LogP contribution >= 0.6 is 11.6 Å². The fourth-order valence-corrected chi connectivity index (χ4v) is 4.03. The summed E-state index contributed by atoms with van der Waals surface area (Å²) in [5, 5.41) is 0. The normalized spacial score (nSPS) is 19.6. The fourth-order valence-electron chi connectivity index (χ4n) is 3.82. The van der Waals surface area contributed by atoms with Gasteiger partial charge in [0.15, 0.2) is 0 Å². The van der Waals surface area contributed by atoms with Crippen molar-refractivity contribution in [2.24, 2.45) is 5.41 Å². The number of hydrogen-bond donors (Lipinski definition) is 1. The van der Waals surface area contributed by atoms with E-state index in [0.29, 0.717) is 11.1 Å². The van der Waals surface area contributed by atoms with Crippen molar-refractivity contribution < 1.29 is 8.78 Å². The van der Waals surface area contributed by atoms with Crippen LogP contribution in [0.5, 0.6) is 0 Å². The molecule has 0 saturated heterocycles. The van der Waals surface area contributed by atoms with Gasteiger partial charge >= 0.3 is 0 Å². The van der Waals surface area contributed by atoms with Crippen molar-refractivity contribution in [2.45, 2.75) is 44.9 Å². The van der Waals surface area contributed by atoms with Crippen LogP contribution in [0.4, 0.5) is 8.78 Å². The number of H-pyrrole nitrogens is 1. The summed E-state index contributed by atoms with van der Waals surface area (Å²) < 4.78 is 28.6. The van der Waals surface area contributed by atoms with E-state index in [4.69, 9.17) is 11.6 Å². The largest absolute Gasteiger partial charge is 0.326 e. The fraction of sp³-hybridized carbons (Fsp3) is 0.421. The van der Waals surface area contributed by atoms with E-state index < -0.39 is 17.2 Å². The minimum absolute atomic E-state index is 0.0356. The molecule has 0 bridgehead atoms. The zero-order chi connectivity index (χ0) is 17.5. The number of benzene rings is 1. The maximum Gasteiger partial charge on any atom is 0.248 e. The highest BCUT2D eigenvalue weighted by Gasteiger charge is 2.37. The molecule has 2 nitrogen and oxygen atoms in total. The van der Waals surface area contributed by atoms with E-state index >= 15 is 0 Å². The standard InChI is InChI=1S/C19H20ClF2NO/c1-19(2)5-3-4-15(19)13-6-11(9-20)16(21)7-12(13)14-8-18(24)23-10-17(14)22/h6-8,10,15H,3-5,9H2,1-2H3,(H,23,24)/t15-/m1/s1. The lowest BCUT2D eigenvalue weighted by atomic mass is 9.75. The lowest BCUT2D eigenvalue weighted by molar-refractivity contribution is 0.332. The molecule has 0 spiro atoms. The van der Waals surface area contributed by atoms with E-state index in [-0.39, 0.29) is 22.8 Å². The van der Waals surface area contributed by atoms with Crippen LogP contribution in [0.1, 0.15) is 50.2 Å². The summed E-state index contributed by atoms with van der Waals surface area (Å²) in [6, 6.07) is 4.26. The zero-order valence-corrected chi connectivity index (χ0v) is 14.5. The van der Waals surface area contributed by atoms with Crippen LogP contribution in [-0.2, 0) is 5.88 Å². The monoisotopic (exact) mass is 351 g/mol. The lowest BCUT2D eigenvalue weighted by Crippen LogP contribution is -2.17. The second-order valence-corrected chi connectivity index (χ2v) is 7.42. The first kappa shape index (κ1) is 17.2. The molecular weight excluding hydrogens is 332 g/mol. The molecule has 24 heavy (non-hydrogen) atoms. The van der Waals surface area contributed by atoms with Crippen molar-refractivity contribution in [1.82, 2.24) is 4.98 Å². The van der Waals surface area contributed by atoms with Gasteiger partial charge in [0.05, 0.1) is 5.88 Å². The Bertz CT molecular complexity index is 829. The SMILES string of the molecule is CC1(C)CCC[C@@H]1c1cc(CCl)c(F)cc1-c1cc(=O)[nH]cc1F. The third-order valence-electron chi connectivity index (χ3n) is 5.16. The van der Waals surface area contributed by atoms with Gasteiger partial charge in [-0.1, -0.05) is 26.3 Å². The Balaban J connectivity index is 2.27. The minimum Gasteiger partial charge on any atom is -0.326 e. The Kier molecular flexibility index (Phi) is 4.52. The van der Waals surface area contributed by atoms with Crippen LogP contribution in [0.25, 0.3) is 11.1 Å². The van der Waals surface area contributed by atoms with E-state index in [2.05, 4.69) is 18.8 Å². The molecule has 128 valence electrons. The van der Waals surface area contributed by atoms with Crippen molar-refractivity contribution in [3.63, 3.8) is 0 Å². The number of pyridine rings is 1. The van der Waals surface area contributed by atoms with Crippen molar-refractivity contribution in [3.8, 4) is 11.1 Å². The first-order valence-electron chi connectivity index (χ1n) is 8.10. The molecule has 0 radical (unpaired) electrons. The number of aromatic amines is 1. The molecule has 1 aromatic heterocycles. The third kappa shape index (κ3) is 3.00. The predicted octanol–water partition coefficient (Wildman–Crippen LogP) is 5.35. The molecule has 1 heterocycles. The molecule has 0 amide bonds. The predicted molar refractivity (Wildman–Crippen MR) is 92.3 cm³/mol. The van der Waals surface area contributed by atoms with E-state index in [1.54, 1.807) is 6.07 Å². The topological polar surface area (TPSA) is 32.9 Å². The van der Waals surface area contributed by atoms with Crippen molar-refractivity contribution in [2.75, 3.05) is 0 Å². The number of hydrogen-bond acceptors (Lipinski definition) is 1. The number of nitrogens with one attached hydrogen (secondary N) is 1. The zero-order valence-electron chi connectivity index (χ0n) is 13.8. The van der Waals surface area contributed by atoms with Gasteiger partial charge in [0.2, 0.25) is 5.56 Å². The Morgan fingerprint density at radius 3 is 2.58 bits per heavy atom. The molecule has 0 aliphatic heterocycles. The Morgan fingerprint density at radius 2 is 1.96 bits per heavy atom. The summed E-state index contributed by atoms with van der Waals surface area (Å²) in [5.74, 6) is -0.804. The molecular formula is C19H20ClF2NO. The first-order valence-corrected chi connectivity index (χ1v) is 8.64. The highest BCUT2D eigenvalue weighted by Crippen LogP contribution is 2.51. The van der Waals surface area contributed by atoms with Crippen LogP contribution in [0.15, 0.2) is 29.2 Å². The van der Waals surface area contributed by atoms with E-state index in [0.717, 1.165) is 31.0 Å². The van der Waals surface area contributed by atoms with E-state index in [9.17, 15) is 13.6 Å². The number of aromatic nitrogens is 1. The van der Waals surface area contributed by atoms with Gasteiger partial charge in [-0.3, -0.25) is 4.79 Å². The number of rotatable bonds is 3. The summed E-state index contributed by atoms with van der Waals surface area (Å²) in [6.45, 7) is 4.35. The second-order valence-electron chi connectivity index (χ2n) is 7.16. The van der Waals surface area contributed by atoms with Crippen molar-refractivity contribution >= 4 is 11.6 Å². The van der Waals surface area contributed by atoms with Crippen molar-refractivity contribution in [1.29, 1.82) is 0 Å². The van der Waals surface area contributed by atoms with Gasteiger partial charge in [0.25, 0.3) is 0 Å². The van der Waals surface area contributed by atoms with Gasteiger partial charge < -0.3 is 4.98 Å². The van der Waals surface area contributed by atoms with Crippen LogP contribution in [-0.4, -0.2) is 4.98 Å². The maximum absolute atomic E-state index is 14.3. The van der Waals surface area contributed by atoms with E-state index in [1.165, 1.54) is 12.1 Å². The molecule has 1 fully saturated rings. The highest BCUT2D eigenvalue weighted by molar-refractivity contribution is 6.17. The van der Waals surface area contributed by atoms with Gasteiger partial charge in [-0.2, -0.15) is 0 Å². The summed E-state index contributed by atoms with van der Waals surface area (Å²) >= 11 is 5.87. The van der Waals surface area contributed by atoms with E-state index in [1.807, 2.05) is 0 Å². The van der Waals surface area contributed by atoms with Crippen LogP contribution in [0, 0.1) is 17.0 Å². The lowest BCUT2D eigenvalue weighted by Gasteiger charge is -2.30. The average Bonchev–Trinajstić information content (AvgIpc) is 2.89. The van der Waals surface area contributed by atoms with Crippen molar-refractivity contribution in [3.05, 3.63) is 57.5 Å². The molecule has 3 rings (SSSR count). The number of alkyl halides is 1. The minimum atomic E-state index is -0.565. The van der Waals surface area contributed by atoms with Crippen LogP contribution in [0.2, 0.25) is 0 Å². The Labute approximate surface area is 144 Å². The van der Waals surface area contributed by atoms with Gasteiger partial charge in [-0.25, -0.2) is 8.78 Å². The average molecular weight is 352 g/mol. The molecule has 2 aromatic rings. The van der Waals surface area contributed by atoms with Crippen LogP contribution in [0.3, 0.4) is 0 Å². The summed E-state index contributed by atoms with van der Waals surface area (Å²) in [4.78, 5) is 14.0. The Morgan fingerprint density at radius 1 is 1.21 bits per heavy atom. The quantitative estimate of drug-likeness (QED) is 0.742. The van der Waals surface area contributed by atoms with Gasteiger partial charge in [-0.15, -0.1) is 11.6 Å². The smallest absolute Gasteiger partial charge is 0.248 e. The van der Waals surface area contributed by atoms with Crippen LogP contribution < -0.4 is 5.56 Å². The molecule has 1 N–H and O–H groups in total. The molecule has 0 unspecified atom stereocenters. The second kappa shape index (κ2) is 6.32. The Hall–Kier alpha value is -1.68. The summed E-state index contributed by atoms with van der Waals surface area (Å²) in [7, 11) is 0. The molecule has 1 atom stereocenters. The van der Waals surface area contributed by atoms with Gasteiger partial charge in [-0.05, 0) is 41.4 Å². The van der Waals surface area contributed by atoms with Gasteiger partial charge in [0.1, 0.15) is 11.6 Å². The molecule has 1 aliphatic rings.